The van der Waals surface area contributed by atoms with Crippen LogP contribution in [0.25, 0.3) is 33.9 Å². The highest BCUT2D eigenvalue weighted by atomic mass is 19.1. The number of nitrogens with one attached hydrogen (secondary N) is 1. The quantitative estimate of drug-likeness (QED) is 0.326. The van der Waals surface area contributed by atoms with Gasteiger partial charge in [0.25, 0.3) is 5.91 Å². The number of hydrogen-bond donors (Lipinski definition) is 1. The van der Waals surface area contributed by atoms with Crippen LogP contribution in [0, 0.1) is 5.82 Å². The van der Waals surface area contributed by atoms with Gasteiger partial charge in [0.2, 0.25) is 0 Å². The molecule has 0 atom stereocenters. The summed E-state index contributed by atoms with van der Waals surface area (Å²) in [6, 6.07) is 27.3. The van der Waals surface area contributed by atoms with E-state index in [-0.39, 0.29) is 11.7 Å². The van der Waals surface area contributed by atoms with Crippen LogP contribution in [-0.2, 0) is 6.54 Å². The van der Waals surface area contributed by atoms with Crippen LogP contribution in [0.15, 0.2) is 103 Å². The van der Waals surface area contributed by atoms with Crippen LogP contribution < -0.4 is 0 Å². The zero-order valence-corrected chi connectivity index (χ0v) is 19.1. The van der Waals surface area contributed by atoms with Gasteiger partial charge in [-0.05, 0) is 54.1 Å². The van der Waals surface area contributed by atoms with E-state index in [9.17, 15) is 9.18 Å². The molecule has 0 radical (unpaired) electrons. The molecular formula is C29H23FN4O. The summed E-state index contributed by atoms with van der Waals surface area (Å²) in [5.74, 6) is 0.310. The van der Waals surface area contributed by atoms with Crippen molar-refractivity contribution in [3.05, 3.63) is 120 Å². The van der Waals surface area contributed by atoms with E-state index in [0.29, 0.717) is 23.6 Å². The number of imidazole rings is 1. The third kappa shape index (κ3) is 4.87. The molecule has 1 amide bonds. The van der Waals surface area contributed by atoms with Crippen LogP contribution in [0.1, 0.15) is 15.9 Å². The molecule has 0 spiro atoms. The molecule has 0 bridgehead atoms. The Labute approximate surface area is 202 Å². The maximum absolute atomic E-state index is 13.5. The van der Waals surface area contributed by atoms with Crippen LogP contribution in [0.4, 0.5) is 4.39 Å². The van der Waals surface area contributed by atoms with Gasteiger partial charge in [-0.15, -0.1) is 0 Å². The van der Waals surface area contributed by atoms with Gasteiger partial charge in [-0.25, -0.2) is 9.37 Å². The molecule has 0 saturated heterocycles. The van der Waals surface area contributed by atoms with E-state index < -0.39 is 0 Å². The molecule has 172 valence electrons. The number of halogens is 1. The van der Waals surface area contributed by atoms with Gasteiger partial charge in [0, 0.05) is 48.2 Å². The van der Waals surface area contributed by atoms with Crippen LogP contribution in [0.5, 0.6) is 0 Å². The lowest BCUT2D eigenvalue weighted by Crippen LogP contribution is -2.26. The van der Waals surface area contributed by atoms with E-state index in [1.54, 1.807) is 36.5 Å². The van der Waals surface area contributed by atoms with Crippen molar-refractivity contribution in [1.29, 1.82) is 0 Å². The van der Waals surface area contributed by atoms with E-state index in [4.69, 9.17) is 4.98 Å². The maximum atomic E-state index is 13.5. The minimum Gasteiger partial charge on any atom is -0.337 e. The summed E-state index contributed by atoms with van der Waals surface area (Å²) in [5, 5.41) is 0. The van der Waals surface area contributed by atoms with Crippen molar-refractivity contribution in [2.24, 2.45) is 0 Å². The smallest absolute Gasteiger partial charge is 0.253 e. The average molecular weight is 463 g/mol. The van der Waals surface area contributed by atoms with E-state index >= 15 is 0 Å². The molecular weight excluding hydrogens is 439 g/mol. The van der Waals surface area contributed by atoms with E-state index in [0.717, 1.165) is 27.9 Å². The maximum Gasteiger partial charge on any atom is 0.253 e. The summed E-state index contributed by atoms with van der Waals surface area (Å²) in [7, 11) is 1.80. The normalized spacial score (nSPS) is 10.8. The molecule has 0 fully saturated rings. The fourth-order valence-electron chi connectivity index (χ4n) is 3.97. The standard InChI is InChI=1S/C29H23FN4O/c1-34(19-20-5-3-2-4-6-20)29(35)24-9-7-23(8-10-24)28-32-26(21-11-13-25(30)14-12-21)27(33-28)22-15-17-31-18-16-22/h2-18H,19H2,1H3,(H,32,33). The Morgan fingerprint density at radius 3 is 2.17 bits per heavy atom. The van der Waals surface area contributed by atoms with Crippen molar-refractivity contribution < 1.29 is 9.18 Å². The molecule has 0 aliphatic carbocycles. The Morgan fingerprint density at radius 1 is 0.829 bits per heavy atom. The Bertz CT molecular complexity index is 1430. The van der Waals surface area contributed by atoms with Crippen molar-refractivity contribution in [3.63, 3.8) is 0 Å². The highest BCUT2D eigenvalue weighted by Gasteiger charge is 2.17. The molecule has 1 N–H and O–H groups in total. The zero-order chi connectivity index (χ0) is 24.2. The first-order valence-corrected chi connectivity index (χ1v) is 11.2. The number of carbonyl (C=O) groups is 1. The van der Waals surface area contributed by atoms with Crippen molar-refractivity contribution in [2.45, 2.75) is 6.54 Å². The number of benzene rings is 3. The Balaban J connectivity index is 1.44. The number of H-pyrrole nitrogens is 1. The van der Waals surface area contributed by atoms with Gasteiger partial charge < -0.3 is 9.88 Å². The van der Waals surface area contributed by atoms with Crippen LogP contribution >= 0.6 is 0 Å². The number of aromatic nitrogens is 3. The van der Waals surface area contributed by atoms with Crippen molar-refractivity contribution in [3.8, 4) is 33.9 Å². The Morgan fingerprint density at radius 2 is 1.49 bits per heavy atom. The number of rotatable bonds is 6. The minimum atomic E-state index is -0.299. The molecule has 2 aromatic heterocycles. The predicted octanol–water partition coefficient (Wildman–Crippen LogP) is 6.22. The summed E-state index contributed by atoms with van der Waals surface area (Å²) in [5.41, 5.74) is 5.78. The molecule has 6 heteroatoms. The topological polar surface area (TPSA) is 61.9 Å². The van der Waals surface area contributed by atoms with Crippen LogP contribution in [-0.4, -0.2) is 32.8 Å². The van der Waals surface area contributed by atoms with Gasteiger partial charge in [-0.2, -0.15) is 0 Å². The first-order chi connectivity index (χ1) is 17.1. The first-order valence-electron chi connectivity index (χ1n) is 11.2. The zero-order valence-electron chi connectivity index (χ0n) is 19.1. The van der Waals surface area contributed by atoms with E-state index in [1.807, 2.05) is 66.7 Å². The molecule has 35 heavy (non-hydrogen) atoms. The largest absolute Gasteiger partial charge is 0.337 e. The second-order valence-corrected chi connectivity index (χ2v) is 8.28. The van der Waals surface area contributed by atoms with Crippen molar-refractivity contribution in [1.82, 2.24) is 19.9 Å². The number of nitrogens with zero attached hydrogens (tertiary/aromatic N) is 3. The van der Waals surface area contributed by atoms with E-state index in [1.165, 1.54) is 12.1 Å². The van der Waals surface area contributed by atoms with Crippen molar-refractivity contribution >= 4 is 5.91 Å². The SMILES string of the molecule is CN(Cc1ccccc1)C(=O)c1ccc(-c2nc(-c3ccc(F)cc3)c(-c3ccncc3)[nH]2)cc1. The van der Waals surface area contributed by atoms with Gasteiger partial charge in [0.15, 0.2) is 0 Å². The Kier molecular flexibility index (Phi) is 6.18. The first kappa shape index (κ1) is 22.2. The third-order valence-electron chi connectivity index (χ3n) is 5.81. The summed E-state index contributed by atoms with van der Waals surface area (Å²) in [4.78, 5) is 26.9. The highest BCUT2D eigenvalue weighted by Crippen LogP contribution is 2.33. The van der Waals surface area contributed by atoms with E-state index in [2.05, 4.69) is 9.97 Å². The van der Waals surface area contributed by atoms with Gasteiger partial charge in [-0.3, -0.25) is 9.78 Å². The third-order valence-corrected chi connectivity index (χ3v) is 5.81. The fraction of sp³-hybridized carbons (Fsp3) is 0.0690. The predicted molar refractivity (Wildman–Crippen MR) is 135 cm³/mol. The number of hydrogen-bond acceptors (Lipinski definition) is 3. The van der Waals surface area contributed by atoms with Crippen LogP contribution in [0.3, 0.4) is 0 Å². The van der Waals surface area contributed by atoms with Gasteiger partial charge in [0.1, 0.15) is 11.6 Å². The molecule has 0 aliphatic rings. The number of aromatic amines is 1. The molecule has 0 aliphatic heterocycles. The lowest BCUT2D eigenvalue weighted by molar-refractivity contribution is 0.0785. The molecule has 2 heterocycles. The summed E-state index contributed by atoms with van der Waals surface area (Å²) >= 11 is 0. The van der Waals surface area contributed by atoms with Gasteiger partial charge in [-0.1, -0.05) is 42.5 Å². The molecule has 0 unspecified atom stereocenters. The molecule has 5 nitrogen and oxygen atoms in total. The summed E-state index contributed by atoms with van der Waals surface area (Å²) in [6.45, 7) is 0.538. The van der Waals surface area contributed by atoms with Crippen molar-refractivity contribution in [2.75, 3.05) is 7.05 Å². The van der Waals surface area contributed by atoms with Gasteiger partial charge >= 0.3 is 0 Å². The average Bonchev–Trinajstić information content (AvgIpc) is 3.35. The van der Waals surface area contributed by atoms with Crippen LogP contribution in [0.2, 0.25) is 0 Å². The van der Waals surface area contributed by atoms with Gasteiger partial charge in [0.05, 0.1) is 11.4 Å². The fourth-order valence-corrected chi connectivity index (χ4v) is 3.97. The lowest BCUT2D eigenvalue weighted by atomic mass is 10.1. The lowest BCUT2D eigenvalue weighted by Gasteiger charge is -2.17. The molecule has 5 aromatic rings. The number of amides is 1. The monoisotopic (exact) mass is 462 g/mol. The summed E-state index contributed by atoms with van der Waals surface area (Å²) < 4.78 is 13.5. The Hall–Kier alpha value is -4.58. The minimum absolute atomic E-state index is 0.0516. The summed E-state index contributed by atoms with van der Waals surface area (Å²) in [6.07, 6.45) is 3.44. The second kappa shape index (κ2) is 9.73. The second-order valence-electron chi connectivity index (χ2n) is 8.28. The number of pyridine rings is 1. The molecule has 3 aromatic carbocycles. The molecule has 5 rings (SSSR count). The highest BCUT2D eigenvalue weighted by molar-refractivity contribution is 5.94. The number of carbonyl (C=O) groups excluding carboxylic acids is 1. The molecule has 0 saturated carbocycles.